The number of aliphatic hydroxyl groups is 3. The Morgan fingerprint density at radius 1 is 1.00 bits per heavy atom. The molecule has 4 N–H and O–H groups in total. The van der Waals surface area contributed by atoms with Gasteiger partial charge in [-0.15, -0.1) is 0 Å². The Labute approximate surface area is 224 Å². The number of hydrogen-bond acceptors (Lipinski definition) is 7. The van der Waals surface area contributed by atoms with Crippen LogP contribution in [-0.4, -0.2) is 62.1 Å². The number of fused-ring (bicyclic) bond motifs is 4. The molecule has 0 spiro atoms. The third-order valence-electron chi connectivity index (χ3n) is 11.7. The summed E-state index contributed by atoms with van der Waals surface area (Å²) in [6.45, 7) is 12.7. The summed E-state index contributed by atoms with van der Waals surface area (Å²) in [5, 5.41) is 43.3. The number of carbonyl (C=O) groups is 4. The van der Waals surface area contributed by atoms with Gasteiger partial charge in [-0.05, 0) is 60.3 Å². The zero-order chi connectivity index (χ0) is 28.7. The maximum absolute atomic E-state index is 14.1. The third kappa shape index (κ3) is 3.66. The summed E-state index contributed by atoms with van der Waals surface area (Å²) in [5.74, 6) is -3.81. The molecule has 8 heteroatoms. The third-order valence-corrected chi connectivity index (χ3v) is 11.7. The second-order valence-corrected chi connectivity index (χ2v) is 14.0. The molecule has 0 heterocycles. The number of Topliss-reactive ketones (excluding diaryl/α,β-unsaturated/α-hetero) is 3. The van der Waals surface area contributed by atoms with E-state index in [4.69, 9.17) is 0 Å². The van der Waals surface area contributed by atoms with E-state index in [0.717, 1.165) is 0 Å². The average Bonchev–Trinajstić information content (AvgIpc) is 3.03. The van der Waals surface area contributed by atoms with Crippen molar-refractivity contribution >= 4 is 23.3 Å². The molecule has 0 radical (unpaired) electrons. The van der Waals surface area contributed by atoms with Crippen molar-refractivity contribution < 1.29 is 39.6 Å². The first-order chi connectivity index (χ1) is 17.4. The smallest absolute Gasteiger partial charge is 0.306 e. The summed E-state index contributed by atoms with van der Waals surface area (Å²) in [7, 11) is 0. The molecular weight excluding hydrogens is 488 g/mol. The normalized spacial score (nSPS) is 43.7. The van der Waals surface area contributed by atoms with E-state index in [1.807, 2.05) is 27.7 Å². The number of aliphatic carboxylic acids is 1. The van der Waals surface area contributed by atoms with Crippen molar-refractivity contribution in [1.82, 2.24) is 0 Å². The molecule has 38 heavy (non-hydrogen) atoms. The number of carboxylic acid groups (broad SMARTS) is 1. The quantitative estimate of drug-likeness (QED) is 0.408. The number of aliphatic hydroxyl groups excluding tert-OH is 3. The van der Waals surface area contributed by atoms with Gasteiger partial charge in [-0.25, -0.2) is 0 Å². The first-order valence-corrected chi connectivity index (χ1v) is 14.0. The monoisotopic (exact) mass is 532 g/mol. The topological polar surface area (TPSA) is 149 Å². The molecule has 0 amide bonds. The molecule has 10 atom stereocenters. The first-order valence-electron chi connectivity index (χ1n) is 14.0. The molecule has 8 nitrogen and oxygen atoms in total. The lowest BCUT2D eigenvalue weighted by Gasteiger charge is -2.62. The standard InChI is InChI=1S/C30H44O8/c1-14(10-16(31)11-15(2)26(37)38)17-12-21(34)30(7)22-18(32)13-19-27(3,4)20(33)8-9-28(19,5)23(22)24(35)25(36)29(17,30)6/h14-15,17-20,25,32-33,36H,8-13H2,1-7H3,(H,37,38)/t14-,15+,17-,18-,19-,20-,25-,28+,29-,30+/m0/s1. The van der Waals surface area contributed by atoms with Crippen molar-refractivity contribution in [3.63, 3.8) is 0 Å². The van der Waals surface area contributed by atoms with Crippen LogP contribution >= 0.6 is 0 Å². The van der Waals surface area contributed by atoms with Gasteiger partial charge < -0.3 is 20.4 Å². The molecule has 0 bridgehead atoms. The Bertz CT molecular complexity index is 1110. The van der Waals surface area contributed by atoms with Gasteiger partial charge in [0.2, 0.25) is 0 Å². The molecule has 4 aliphatic rings. The predicted molar refractivity (Wildman–Crippen MR) is 139 cm³/mol. The average molecular weight is 533 g/mol. The van der Waals surface area contributed by atoms with Gasteiger partial charge in [-0.3, -0.25) is 19.2 Å². The van der Waals surface area contributed by atoms with Crippen LogP contribution in [0.3, 0.4) is 0 Å². The molecule has 0 aromatic rings. The maximum atomic E-state index is 14.1. The highest BCUT2D eigenvalue weighted by atomic mass is 16.4. The van der Waals surface area contributed by atoms with Crippen molar-refractivity contribution in [2.75, 3.05) is 0 Å². The van der Waals surface area contributed by atoms with Gasteiger partial charge in [0, 0.05) is 30.3 Å². The minimum atomic E-state index is -1.49. The second kappa shape index (κ2) is 9.07. The second-order valence-electron chi connectivity index (χ2n) is 14.0. The lowest BCUT2D eigenvalue weighted by atomic mass is 9.42. The van der Waals surface area contributed by atoms with E-state index in [-0.39, 0.29) is 42.7 Å². The van der Waals surface area contributed by atoms with Crippen LogP contribution < -0.4 is 0 Å². The van der Waals surface area contributed by atoms with E-state index >= 15 is 0 Å². The molecule has 4 rings (SSSR count). The number of rotatable bonds is 6. The summed E-state index contributed by atoms with van der Waals surface area (Å²) in [6.07, 6.45) is -1.84. The van der Waals surface area contributed by atoms with E-state index in [1.165, 1.54) is 6.92 Å². The first kappa shape index (κ1) is 29.1. The van der Waals surface area contributed by atoms with Gasteiger partial charge >= 0.3 is 5.97 Å². The highest BCUT2D eigenvalue weighted by Crippen LogP contribution is 2.70. The zero-order valence-corrected chi connectivity index (χ0v) is 23.7. The summed E-state index contributed by atoms with van der Waals surface area (Å²) in [6, 6.07) is 0. The number of ketones is 3. The molecule has 2 fully saturated rings. The summed E-state index contributed by atoms with van der Waals surface area (Å²) in [4.78, 5) is 52.0. The molecule has 0 aromatic heterocycles. The number of carboxylic acids is 1. The van der Waals surface area contributed by atoms with Gasteiger partial charge in [0.25, 0.3) is 0 Å². The van der Waals surface area contributed by atoms with Gasteiger partial charge in [0.05, 0.1) is 23.5 Å². The van der Waals surface area contributed by atoms with Crippen LogP contribution in [0.25, 0.3) is 0 Å². The van der Waals surface area contributed by atoms with Crippen LogP contribution in [0.2, 0.25) is 0 Å². The summed E-state index contributed by atoms with van der Waals surface area (Å²) in [5.41, 5.74) is -3.00. The van der Waals surface area contributed by atoms with Crippen molar-refractivity contribution in [1.29, 1.82) is 0 Å². The lowest BCUT2D eigenvalue weighted by Crippen LogP contribution is -2.64. The summed E-state index contributed by atoms with van der Waals surface area (Å²) >= 11 is 0. The Hall–Kier alpha value is -1.90. The van der Waals surface area contributed by atoms with Crippen molar-refractivity contribution in [3.05, 3.63) is 11.1 Å². The summed E-state index contributed by atoms with van der Waals surface area (Å²) < 4.78 is 0. The fourth-order valence-corrected chi connectivity index (χ4v) is 9.13. The van der Waals surface area contributed by atoms with E-state index in [2.05, 4.69) is 0 Å². The molecule has 0 unspecified atom stereocenters. The minimum absolute atomic E-state index is 0.0441. The fourth-order valence-electron chi connectivity index (χ4n) is 9.13. The van der Waals surface area contributed by atoms with Gasteiger partial charge in [-0.2, -0.15) is 0 Å². The fraction of sp³-hybridized carbons (Fsp3) is 0.800. The molecule has 0 aliphatic heterocycles. The molecule has 4 aliphatic carbocycles. The van der Waals surface area contributed by atoms with Crippen molar-refractivity contribution in [2.45, 2.75) is 105 Å². The number of carbonyl (C=O) groups excluding carboxylic acids is 3. The van der Waals surface area contributed by atoms with E-state index in [1.54, 1.807) is 13.8 Å². The Kier molecular flexibility index (Phi) is 6.94. The van der Waals surface area contributed by atoms with Crippen LogP contribution in [0.4, 0.5) is 0 Å². The van der Waals surface area contributed by atoms with Gasteiger partial charge in [-0.1, -0.05) is 41.5 Å². The number of hydrogen-bond donors (Lipinski definition) is 4. The molecule has 2 saturated carbocycles. The van der Waals surface area contributed by atoms with Crippen molar-refractivity contribution in [2.24, 2.45) is 45.3 Å². The lowest BCUT2D eigenvalue weighted by molar-refractivity contribution is -0.159. The molecule has 0 aromatic carbocycles. The largest absolute Gasteiger partial charge is 0.481 e. The Balaban J connectivity index is 1.79. The van der Waals surface area contributed by atoms with E-state index < -0.39 is 63.6 Å². The molecule has 212 valence electrons. The molecule has 0 saturated heterocycles. The van der Waals surface area contributed by atoms with Crippen LogP contribution in [0.5, 0.6) is 0 Å². The minimum Gasteiger partial charge on any atom is -0.481 e. The van der Waals surface area contributed by atoms with Gasteiger partial charge in [0.1, 0.15) is 17.7 Å². The predicted octanol–water partition coefficient (Wildman–Crippen LogP) is 3.10. The zero-order valence-electron chi connectivity index (χ0n) is 23.7. The van der Waals surface area contributed by atoms with E-state index in [0.29, 0.717) is 30.4 Å². The Morgan fingerprint density at radius 2 is 1.61 bits per heavy atom. The van der Waals surface area contributed by atoms with E-state index in [9.17, 15) is 39.6 Å². The molecular formula is C30H44O8. The highest BCUT2D eigenvalue weighted by molar-refractivity contribution is 6.07. The van der Waals surface area contributed by atoms with Crippen LogP contribution in [0, 0.1) is 45.3 Å². The highest BCUT2D eigenvalue weighted by Gasteiger charge is 2.73. The van der Waals surface area contributed by atoms with Crippen LogP contribution in [0.1, 0.15) is 87.0 Å². The van der Waals surface area contributed by atoms with Gasteiger partial charge in [0.15, 0.2) is 5.78 Å². The van der Waals surface area contributed by atoms with Crippen LogP contribution in [0.15, 0.2) is 11.1 Å². The maximum Gasteiger partial charge on any atom is 0.306 e. The van der Waals surface area contributed by atoms with Crippen molar-refractivity contribution in [3.8, 4) is 0 Å². The van der Waals surface area contributed by atoms with Crippen LogP contribution in [-0.2, 0) is 19.2 Å². The Morgan fingerprint density at radius 3 is 2.18 bits per heavy atom. The SMILES string of the molecule is C[C@H](CC(=O)C[C@H](C)[C@@H]1CC(=O)[C@]2(C)C3=C(C(=O)[C@H](O)[C@]12C)[C@]1(C)CC[C@H](O)C(C)(C)[C@@H]1C[C@@H]3O)C(=O)O.